The summed E-state index contributed by atoms with van der Waals surface area (Å²) in [6, 6.07) is 14.3. The van der Waals surface area contributed by atoms with Crippen molar-refractivity contribution in [1.29, 1.82) is 0 Å². The zero-order chi connectivity index (χ0) is 24.0. The lowest BCUT2D eigenvalue weighted by Gasteiger charge is -2.22. The molecule has 0 atom stereocenters. The molecular weight excluding hydrogens is 470 g/mol. The van der Waals surface area contributed by atoms with Crippen molar-refractivity contribution in [3.63, 3.8) is 0 Å². The number of sulfonamides is 1. The average molecular weight is 500 g/mol. The summed E-state index contributed by atoms with van der Waals surface area (Å²) in [6.07, 6.45) is 6.02. The van der Waals surface area contributed by atoms with Crippen LogP contribution in [0.25, 0.3) is 11.4 Å². The van der Waals surface area contributed by atoms with Crippen LogP contribution in [0.1, 0.15) is 44.6 Å². The summed E-state index contributed by atoms with van der Waals surface area (Å²) in [4.78, 5) is 16.9. The molecular formula is C24H29N5O3S2. The smallest absolute Gasteiger partial charge is 0.240 e. The molecule has 10 heteroatoms. The van der Waals surface area contributed by atoms with Crippen molar-refractivity contribution in [2.75, 3.05) is 11.1 Å². The number of rotatable bonds is 9. The van der Waals surface area contributed by atoms with Crippen LogP contribution in [0.15, 0.2) is 58.6 Å². The number of thioether (sulfide) groups is 1. The van der Waals surface area contributed by atoms with Gasteiger partial charge in [-0.3, -0.25) is 9.89 Å². The molecule has 3 aromatic rings. The quantitative estimate of drug-likeness (QED) is 0.376. The predicted octanol–water partition coefficient (Wildman–Crippen LogP) is 4.38. The fourth-order valence-electron chi connectivity index (χ4n) is 3.89. The van der Waals surface area contributed by atoms with Gasteiger partial charge in [-0.15, -0.1) is 5.10 Å². The zero-order valence-electron chi connectivity index (χ0n) is 19.1. The third-order valence-corrected chi connectivity index (χ3v) is 8.19. The number of anilines is 1. The van der Waals surface area contributed by atoms with Crippen LogP contribution in [0, 0.1) is 0 Å². The molecule has 1 aromatic heterocycles. The normalized spacial score (nSPS) is 14.7. The van der Waals surface area contributed by atoms with E-state index in [4.69, 9.17) is 0 Å². The minimum absolute atomic E-state index is 0.0141. The number of aromatic amines is 1. The number of carbonyl (C=O) groups excluding carboxylic acids is 1. The first-order valence-corrected chi connectivity index (χ1v) is 14.0. The van der Waals surface area contributed by atoms with Crippen LogP contribution in [0.5, 0.6) is 0 Å². The molecule has 1 amide bonds. The van der Waals surface area contributed by atoms with Crippen LogP contribution in [-0.2, 0) is 21.2 Å². The first kappa shape index (κ1) is 24.4. The Morgan fingerprint density at radius 1 is 1.06 bits per heavy atom. The highest BCUT2D eigenvalue weighted by Gasteiger charge is 2.22. The highest BCUT2D eigenvalue weighted by atomic mass is 32.2. The standard InChI is InChI=1S/C24H29N5O3S2/c1-2-17-8-12-19(13-9-17)25-22(30)16-33-24-26-23(27-28-24)18-10-14-21(15-11-18)34(31,32)29-20-6-4-3-5-7-20/h8-15,20,29H,2-7,16H2,1H3,(H,25,30)(H,26,27,28). The molecule has 0 aliphatic heterocycles. The topological polar surface area (TPSA) is 117 Å². The van der Waals surface area contributed by atoms with Gasteiger partial charge in [-0.05, 0) is 61.2 Å². The predicted molar refractivity (Wildman–Crippen MR) is 134 cm³/mol. The molecule has 1 heterocycles. The van der Waals surface area contributed by atoms with Crippen LogP contribution in [0.4, 0.5) is 5.69 Å². The molecule has 0 radical (unpaired) electrons. The molecule has 0 spiro atoms. The van der Waals surface area contributed by atoms with Crippen molar-refractivity contribution in [1.82, 2.24) is 19.9 Å². The summed E-state index contributed by atoms with van der Waals surface area (Å²) in [7, 11) is -3.55. The lowest BCUT2D eigenvalue weighted by molar-refractivity contribution is -0.113. The van der Waals surface area contributed by atoms with E-state index in [1.54, 1.807) is 24.3 Å². The second-order valence-electron chi connectivity index (χ2n) is 8.33. The van der Waals surface area contributed by atoms with Crippen molar-refractivity contribution < 1.29 is 13.2 Å². The van der Waals surface area contributed by atoms with Gasteiger partial charge in [0.05, 0.1) is 10.6 Å². The van der Waals surface area contributed by atoms with E-state index in [1.807, 2.05) is 24.3 Å². The number of nitrogens with zero attached hydrogens (tertiary/aromatic N) is 2. The van der Waals surface area contributed by atoms with E-state index in [0.717, 1.165) is 43.4 Å². The molecule has 1 aliphatic carbocycles. The van der Waals surface area contributed by atoms with Gasteiger partial charge in [0.2, 0.25) is 21.1 Å². The average Bonchev–Trinajstić information content (AvgIpc) is 3.33. The van der Waals surface area contributed by atoms with Crippen molar-refractivity contribution >= 4 is 33.4 Å². The Morgan fingerprint density at radius 2 is 1.76 bits per heavy atom. The van der Waals surface area contributed by atoms with Gasteiger partial charge in [-0.25, -0.2) is 18.1 Å². The molecule has 2 aromatic carbocycles. The molecule has 3 N–H and O–H groups in total. The Morgan fingerprint density at radius 3 is 2.44 bits per heavy atom. The lowest BCUT2D eigenvalue weighted by atomic mass is 9.96. The van der Waals surface area contributed by atoms with Crippen molar-refractivity contribution in [3.8, 4) is 11.4 Å². The Labute approximate surface area is 204 Å². The van der Waals surface area contributed by atoms with E-state index in [9.17, 15) is 13.2 Å². The van der Waals surface area contributed by atoms with Gasteiger partial charge >= 0.3 is 0 Å². The number of nitrogens with one attached hydrogen (secondary N) is 3. The number of amides is 1. The van der Waals surface area contributed by atoms with Gasteiger partial charge in [0.15, 0.2) is 5.82 Å². The van der Waals surface area contributed by atoms with Gasteiger partial charge in [0, 0.05) is 17.3 Å². The maximum Gasteiger partial charge on any atom is 0.240 e. The molecule has 1 aliphatic rings. The van der Waals surface area contributed by atoms with Crippen molar-refractivity contribution in [2.24, 2.45) is 0 Å². The van der Waals surface area contributed by atoms with Gasteiger partial charge in [0.25, 0.3) is 0 Å². The highest BCUT2D eigenvalue weighted by Crippen LogP contribution is 2.23. The van der Waals surface area contributed by atoms with E-state index < -0.39 is 10.0 Å². The molecule has 0 bridgehead atoms. The van der Waals surface area contributed by atoms with Gasteiger partial charge in [-0.1, -0.05) is 50.1 Å². The molecule has 34 heavy (non-hydrogen) atoms. The molecule has 4 rings (SSSR count). The lowest BCUT2D eigenvalue weighted by Crippen LogP contribution is -2.36. The molecule has 1 fully saturated rings. The second-order valence-corrected chi connectivity index (χ2v) is 11.0. The summed E-state index contributed by atoms with van der Waals surface area (Å²) in [6.45, 7) is 2.08. The number of H-pyrrole nitrogens is 1. The summed E-state index contributed by atoms with van der Waals surface area (Å²) in [5.41, 5.74) is 2.69. The monoisotopic (exact) mass is 499 g/mol. The van der Waals surface area contributed by atoms with Crippen molar-refractivity contribution in [2.45, 2.75) is 61.5 Å². The molecule has 8 nitrogen and oxygen atoms in total. The van der Waals surface area contributed by atoms with E-state index in [0.29, 0.717) is 11.0 Å². The minimum Gasteiger partial charge on any atom is -0.325 e. The molecule has 180 valence electrons. The molecule has 0 unspecified atom stereocenters. The van der Waals surface area contributed by atoms with E-state index in [1.165, 1.54) is 23.7 Å². The van der Waals surface area contributed by atoms with Crippen LogP contribution in [0.3, 0.4) is 0 Å². The van der Waals surface area contributed by atoms with Crippen LogP contribution in [0.2, 0.25) is 0 Å². The minimum atomic E-state index is -3.55. The maximum absolute atomic E-state index is 12.7. The summed E-state index contributed by atoms with van der Waals surface area (Å²) in [5, 5.41) is 10.3. The third-order valence-electron chi connectivity index (χ3n) is 5.81. The Kier molecular flexibility index (Phi) is 8.02. The highest BCUT2D eigenvalue weighted by molar-refractivity contribution is 7.99. The second kappa shape index (κ2) is 11.2. The van der Waals surface area contributed by atoms with E-state index >= 15 is 0 Å². The summed E-state index contributed by atoms with van der Waals surface area (Å²) < 4.78 is 28.2. The molecule has 1 saturated carbocycles. The number of aryl methyl sites for hydroxylation is 1. The molecule has 0 saturated heterocycles. The van der Waals surface area contributed by atoms with Crippen LogP contribution in [-0.4, -0.2) is 41.3 Å². The van der Waals surface area contributed by atoms with Gasteiger partial charge in [0.1, 0.15) is 0 Å². The number of benzene rings is 2. The Bertz CT molecular complexity index is 1200. The van der Waals surface area contributed by atoms with Crippen LogP contribution < -0.4 is 10.0 Å². The Balaban J connectivity index is 1.32. The van der Waals surface area contributed by atoms with Crippen LogP contribution >= 0.6 is 11.8 Å². The summed E-state index contributed by atoms with van der Waals surface area (Å²) in [5.74, 6) is 0.555. The van der Waals surface area contributed by atoms with Crippen molar-refractivity contribution in [3.05, 3.63) is 54.1 Å². The SMILES string of the molecule is CCc1ccc(NC(=O)CSc2n[nH]c(-c3ccc(S(=O)(=O)NC4CCCCC4)cc3)n2)cc1. The fourth-order valence-corrected chi connectivity index (χ4v) is 5.79. The first-order chi connectivity index (χ1) is 16.4. The number of aromatic nitrogens is 3. The zero-order valence-corrected chi connectivity index (χ0v) is 20.7. The summed E-state index contributed by atoms with van der Waals surface area (Å²) >= 11 is 1.23. The first-order valence-electron chi connectivity index (χ1n) is 11.5. The Hall–Kier alpha value is -2.69. The fraction of sp³-hybridized carbons (Fsp3) is 0.375. The van der Waals surface area contributed by atoms with E-state index in [-0.39, 0.29) is 22.6 Å². The maximum atomic E-state index is 12.7. The van der Waals surface area contributed by atoms with E-state index in [2.05, 4.69) is 32.1 Å². The number of carbonyl (C=O) groups is 1. The largest absolute Gasteiger partial charge is 0.325 e. The van der Waals surface area contributed by atoms with Gasteiger partial charge in [-0.2, -0.15) is 0 Å². The third kappa shape index (κ3) is 6.46. The number of hydrogen-bond acceptors (Lipinski definition) is 6. The van der Waals surface area contributed by atoms with Gasteiger partial charge < -0.3 is 5.32 Å². The number of hydrogen-bond donors (Lipinski definition) is 3.